The summed E-state index contributed by atoms with van der Waals surface area (Å²) in [6, 6.07) is 19.4. The van der Waals surface area contributed by atoms with Crippen molar-refractivity contribution in [1.29, 1.82) is 0 Å². The maximum absolute atomic E-state index is 13.1. The van der Waals surface area contributed by atoms with E-state index in [1.165, 1.54) is 0 Å². The molecule has 0 bridgehead atoms. The number of fused-ring (bicyclic) bond motifs is 1. The minimum atomic E-state index is -1.27. The number of nitrogens with one attached hydrogen (secondary N) is 1. The molecule has 2 atom stereocenters. The molecule has 1 unspecified atom stereocenters. The minimum Gasteiger partial charge on any atom is -0.598 e. The van der Waals surface area contributed by atoms with Crippen molar-refractivity contribution < 1.29 is 9.08 Å². The van der Waals surface area contributed by atoms with Gasteiger partial charge in [-0.05, 0) is 56.7 Å². The van der Waals surface area contributed by atoms with Crippen molar-refractivity contribution in [3.8, 4) is 11.3 Å². The fourth-order valence-corrected chi connectivity index (χ4v) is 4.87. The molecule has 0 aliphatic carbocycles. The van der Waals surface area contributed by atoms with Gasteiger partial charge < -0.3 is 9.08 Å². The van der Waals surface area contributed by atoms with E-state index in [2.05, 4.69) is 30.8 Å². The van der Waals surface area contributed by atoms with E-state index in [1.807, 2.05) is 81.4 Å². The molecule has 160 valence electrons. The van der Waals surface area contributed by atoms with Gasteiger partial charge in [-0.1, -0.05) is 51.4 Å². The smallest absolute Gasteiger partial charge is 0.167 e. The monoisotopic (exact) mass is 497 g/mol. The van der Waals surface area contributed by atoms with Crippen LogP contribution in [0.2, 0.25) is 0 Å². The second-order valence-corrected chi connectivity index (χ2v) is 11.2. The number of hydrogen-bond donors (Lipinski definition) is 1. The highest BCUT2D eigenvalue weighted by molar-refractivity contribution is 9.10. The molecule has 4 aromatic rings. The lowest BCUT2D eigenvalue weighted by atomic mass is 9.94. The third-order valence-electron chi connectivity index (χ3n) is 4.98. The van der Waals surface area contributed by atoms with Crippen LogP contribution in [0.4, 0.5) is 0 Å². The zero-order valence-corrected chi connectivity index (χ0v) is 20.0. The molecule has 0 fully saturated rings. The van der Waals surface area contributed by atoms with E-state index in [9.17, 15) is 4.55 Å². The lowest BCUT2D eigenvalue weighted by molar-refractivity contribution is 0.459. The van der Waals surface area contributed by atoms with E-state index >= 15 is 0 Å². The molecule has 2 heterocycles. The zero-order chi connectivity index (χ0) is 22.0. The first-order valence-corrected chi connectivity index (χ1v) is 12.0. The molecule has 2 aromatic heterocycles. The van der Waals surface area contributed by atoms with Crippen LogP contribution < -0.4 is 4.72 Å². The first-order chi connectivity index (χ1) is 14.8. The summed E-state index contributed by atoms with van der Waals surface area (Å²) in [6.07, 6.45) is 2.35. The van der Waals surface area contributed by atoms with Gasteiger partial charge in [-0.2, -0.15) is 0 Å². The average molecular weight is 498 g/mol. The topological polar surface area (TPSA) is 74.0 Å². The predicted octanol–water partition coefficient (Wildman–Crippen LogP) is 5.99. The van der Waals surface area contributed by atoms with Crippen molar-refractivity contribution in [2.24, 2.45) is 0 Å². The number of hydrogen-bond acceptors (Lipinski definition) is 5. The molecule has 0 saturated carbocycles. The second-order valence-electron chi connectivity index (χ2n) is 8.31. The highest BCUT2D eigenvalue weighted by Gasteiger charge is 2.32. The fraction of sp³-hybridized carbons (Fsp3) is 0.250. The molecular formula is C24H24BrN3O2S. The molecule has 1 N–H and O–H groups in total. The van der Waals surface area contributed by atoms with Gasteiger partial charge in [-0.25, -0.2) is 0 Å². The van der Waals surface area contributed by atoms with E-state index in [1.54, 1.807) is 6.20 Å². The number of rotatable bonds is 6. The number of aromatic nitrogens is 2. The fourth-order valence-electron chi connectivity index (χ4n) is 3.41. The van der Waals surface area contributed by atoms with Gasteiger partial charge in [0.25, 0.3) is 0 Å². The standard InChI is InChI=1S/C24H24BrN3O2S/c1-24(2,3)31(29)28-20(15-16-9-6-7-14-26-16)22-18(11-8-12-19(22)25)23-17-10-4-5-13-21(17)30-27-23/h4-14,20,28H,15H2,1-3H3/t20-,31?/m0/s1. The van der Waals surface area contributed by atoms with Crippen LogP contribution in [0.25, 0.3) is 22.2 Å². The van der Waals surface area contributed by atoms with Crippen LogP contribution in [0.1, 0.15) is 38.1 Å². The summed E-state index contributed by atoms with van der Waals surface area (Å²) >= 11 is 2.46. The van der Waals surface area contributed by atoms with E-state index in [4.69, 9.17) is 4.52 Å². The Morgan fingerprint density at radius 2 is 1.84 bits per heavy atom. The van der Waals surface area contributed by atoms with Gasteiger partial charge in [-0.3, -0.25) is 4.98 Å². The van der Waals surface area contributed by atoms with Crippen LogP contribution in [0, 0.1) is 0 Å². The van der Waals surface area contributed by atoms with Gasteiger partial charge in [0.2, 0.25) is 0 Å². The summed E-state index contributed by atoms with van der Waals surface area (Å²) in [6.45, 7) is 5.88. The number of nitrogens with zero attached hydrogens (tertiary/aromatic N) is 2. The highest BCUT2D eigenvalue weighted by atomic mass is 79.9. The van der Waals surface area contributed by atoms with Gasteiger partial charge in [0, 0.05) is 45.1 Å². The van der Waals surface area contributed by atoms with Crippen LogP contribution in [0.15, 0.2) is 75.9 Å². The zero-order valence-electron chi connectivity index (χ0n) is 17.6. The molecule has 5 nitrogen and oxygen atoms in total. The number of halogens is 1. The Hall–Kier alpha value is -2.19. The molecule has 0 amide bonds. The molecular weight excluding hydrogens is 474 g/mol. The third-order valence-corrected chi connectivity index (χ3v) is 7.28. The van der Waals surface area contributed by atoms with Gasteiger partial charge in [0.1, 0.15) is 10.4 Å². The maximum atomic E-state index is 13.1. The van der Waals surface area contributed by atoms with Crippen LogP contribution in [0.5, 0.6) is 0 Å². The van der Waals surface area contributed by atoms with E-state index in [-0.39, 0.29) is 6.04 Å². The summed E-state index contributed by atoms with van der Waals surface area (Å²) in [4.78, 5) is 4.50. The van der Waals surface area contributed by atoms with Crippen molar-refractivity contribution in [3.05, 3.63) is 82.6 Å². The van der Waals surface area contributed by atoms with E-state index in [0.29, 0.717) is 6.42 Å². The number of para-hydroxylation sites is 1. The van der Waals surface area contributed by atoms with Crippen molar-refractivity contribution in [1.82, 2.24) is 14.9 Å². The molecule has 4 rings (SSSR count). The number of pyridine rings is 1. The molecule has 0 radical (unpaired) electrons. The highest BCUT2D eigenvalue weighted by Crippen LogP contribution is 2.38. The van der Waals surface area contributed by atoms with Crippen LogP contribution in [0.3, 0.4) is 0 Å². The minimum absolute atomic E-state index is 0.254. The van der Waals surface area contributed by atoms with Crippen LogP contribution in [-0.4, -0.2) is 19.4 Å². The lowest BCUT2D eigenvalue weighted by Crippen LogP contribution is -2.42. The van der Waals surface area contributed by atoms with Crippen molar-refractivity contribution in [2.75, 3.05) is 0 Å². The molecule has 0 spiro atoms. The molecule has 0 aliphatic heterocycles. The normalized spacial score (nSPS) is 14.0. The van der Waals surface area contributed by atoms with Crippen molar-refractivity contribution >= 4 is 38.3 Å². The van der Waals surface area contributed by atoms with Crippen LogP contribution in [-0.2, 0) is 17.8 Å². The Labute approximate surface area is 193 Å². The Morgan fingerprint density at radius 3 is 2.58 bits per heavy atom. The Morgan fingerprint density at radius 1 is 1.06 bits per heavy atom. The summed E-state index contributed by atoms with van der Waals surface area (Å²) < 4.78 is 22.5. The van der Waals surface area contributed by atoms with E-state index < -0.39 is 16.1 Å². The summed E-state index contributed by atoms with van der Waals surface area (Å²) in [7, 11) is 0. The first-order valence-electron chi connectivity index (χ1n) is 10.1. The second kappa shape index (κ2) is 9.12. The van der Waals surface area contributed by atoms with Crippen molar-refractivity contribution in [2.45, 2.75) is 38.0 Å². The average Bonchev–Trinajstić information content (AvgIpc) is 3.17. The van der Waals surface area contributed by atoms with Gasteiger partial charge in [0.05, 0.1) is 6.04 Å². The van der Waals surface area contributed by atoms with Gasteiger partial charge in [-0.15, -0.1) is 4.72 Å². The quantitative estimate of drug-likeness (QED) is 0.331. The van der Waals surface area contributed by atoms with Crippen molar-refractivity contribution in [3.63, 3.8) is 0 Å². The van der Waals surface area contributed by atoms with Gasteiger partial charge in [0.15, 0.2) is 5.58 Å². The van der Waals surface area contributed by atoms with Crippen LogP contribution >= 0.6 is 15.9 Å². The first kappa shape index (κ1) is 22.0. The molecule has 0 aliphatic rings. The van der Waals surface area contributed by atoms with E-state index in [0.717, 1.165) is 38.0 Å². The maximum Gasteiger partial charge on any atom is 0.167 e. The Kier molecular flexibility index (Phi) is 6.48. The van der Waals surface area contributed by atoms with Gasteiger partial charge >= 0.3 is 0 Å². The molecule has 0 saturated heterocycles. The summed E-state index contributed by atoms with van der Waals surface area (Å²) in [5, 5.41) is 5.31. The summed E-state index contributed by atoms with van der Waals surface area (Å²) in [5.74, 6) is 0. The Balaban J connectivity index is 1.84. The molecule has 2 aromatic carbocycles. The SMILES string of the molecule is CC(C)(C)[S+]([O-])N[C@@H](Cc1ccccn1)c1c(Br)cccc1-c1noc2ccccc12. The molecule has 31 heavy (non-hydrogen) atoms. The summed E-state index contributed by atoms with van der Waals surface area (Å²) in [5.41, 5.74) is 4.32. The number of benzene rings is 2. The predicted molar refractivity (Wildman–Crippen MR) is 129 cm³/mol. The lowest BCUT2D eigenvalue weighted by Gasteiger charge is -2.29. The largest absolute Gasteiger partial charge is 0.598 e. The third kappa shape index (κ3) is 4.85. The molecule has 7 heteroatoms. The Bertz CT molecular complexity index is 1170.